The van der Waals surface area contributed by atoms with Gasteiger partial charge in [0.1, 0.15) is 0 Å². The molecule has 0 heterocycles. The number of aromatic carboxylic acids is 1. The van der Waals surface area contributed by atoms with E-state index < -0.39 is 10.9 Å². The minimum Gasteiger partial charge on any atom is -0.478 e. The third kappa shape index (κ3) is 3.66. The van der Waals surface area contributed by atoms with Crippen LogP contribution in [0.3, 0.4) is 0 Å². The highest BCUT2D eigenvalue weighted by atomic mass is 32.2. The summed E-state index contributed by atoms with van der Waals surface area (Å²) in [6, 6.07) is 3.99. The van der Waals surface area contributed by atoms with Gasteiger partial charge in [-0.1, -0.05) is 13.3 Å². The zero-order valence-corrected chi connectivity index (χ0v) is 12.6. The summed E-state index contributed by atoms with van der Waals surface area (Å²) in [5.41, 5.74) is 0.318. The van der Waals surface area contributed by atoms with Crippen molar-refractivity contribution in [3.63, 3.8) is 0 Å². The quantitative estimate of drug-likeness (QED) is 0.618. The van der Waals surface area contributed by atoms with Crippen LogP contribution in [0.1, 0.15) is 36.5 Å². The molecule has 1 saturated carbocycles. The van der Waals surface area contributed by atoms with Crippen LogP contribution in [0.5, 0.6) is 0 Å². The number of thioether (sulfide) groups is 1. The number of carboxylic acids is 1. The number of carbonyl (C=O) groups is 1. The number of hydrogen-bond donors (Lipinski definition) is 2. The molecule has 1 fully saturated rings. The van der Waals surface area contributed by atoms with E-state index in [4.69, 9.17) is 0 Å². The Labute approximate surface area is 127 Å². The average molecular weight is 310 g/mol. The van der Waals surface area contributed by atoms with Gasteiger partial charge < -0.3 is 10.4 Å². The topological polar surface area (TPSA) is 92.5 Å². The molecule has 2 N–H and O–H groups in total. The van der Waals surface area contributed by atoms with Crippen molar-refractivity contribution in [2.45, 2.75) is 37.5 Å². The van der Waals surface area contributed by atoms with Gasteiger partial charge in [-0.15, -0.1) is 0 Å². The normalized spacial score (nSPS) is 21.2. The summed E-state index contributed by atoms with van der Waals surface area (Å²) in [6.45, 7) is 2.09. The molecule has 1 aromatic rings. The number of rotatable bonds is 6. The number of nitro benzene ring substituents is 1. The van der Waals surface area contributed by atoms with E-state index in [9.17, 15) is 20.0 Å². The Kier molecular flexibility index (Phi) is 5.06. The summed E-state index contributed by atoms with van der Waals surface area (Å²) in [6.07, 6.45) is 3.14. The molecule has 0 saturated heterocycles. The maximum atomic E-state index is 11.3. The lowest BCUT2D eigenvalue weighted by molar-refractivity contribution is -0.384. The predicted molar refractivity (Wildman–Crippen MR) is 83.2 cm³/mol. The Morgan fingerprint density at radius 1 is 1.52 bits per heavy atom. The van der Waals surface area contributed by atoms with E-state index in [1.807, 2.05) is 11.8 Å². The lowest BCUT2D eigenvalue weighted by Gasteiger charge is -2.22. The van der Waals surface area contributed by atoms with Crippen molar-refractivity contribution >= 4 is 29.1 Å². The van der Waals surface area contributed by atoms with Gasteiger partial charge in [0.25, 0.3) is 5.69 Å². The Hall–Kier alpha value is -1.76. The average Bonchev–Trinajstić information content (AvgIpc) is 2.86. The summed E-state index contributed by atoms with van der Waals surface area (Å²) in [4.78, 5) is 21.6. The van der Waals surface area contributed by atoms with E-state index in [2.05, 4.69) is 12.2 Å². The highest BCUT2D eigenvalue weighted by Crippen LogP contribution is 2.33. The maximum absolute atomic E-state index is 11.3. The van der Waals surface area contributed by atoms with Crippen LogP contribution in [0.4, 0.5) is 11.4 Å². The number of anilines is 1. The van der Waals surface area contributed by atoms with Gasteiger partial charge in [-0.2, -0.15) is 11.8 Å². The number of hydrogen-bond acceptors (Lipinski definition) is 5. The molecule has 2 atom stereocenters. The summed E-state index contributed by atoms with van der Waals surface area (Å²) in [7, 11) is 0. The standard InChI is InChI=1S/C14H18N2O4S/c1-2-21-13-5-3-4-11(13)15-12-8-9(16(19)20)6-7-10(12)14(17)18/h6-8,11,13,15H,2-5H2,1H3,(H,17,18). The van der Waals surface area contributed by atoms with Gasteiger partial charge in [0.05, 0.1) is 16.2 Å². The van der Waals surface area contributed by atoms with Crippen molar-refractivity contribution in [1.29, 1.82) is 0 Å². The molecule has 21 heavy (non-hydrogen) atoms. The Morgan fingerprint density at radius 2 is 2.29 bits per heavy atom. The third-order valence-electron chi connectivity index (χ3n) is 3.62. The lowest BCUT2D eigenvalue weighted by atomic mass is 10.1. The molecule has 0 aromatic heterocycles. The Bertz CT molecular complexity index is 550. The number of non-ortho nitro benzene ring substituents is 1. The molecular formula is C14H18N2O4S. The second kappa shape index (κ2) is 6.80. The van der Waals surface area contributed by atoms with Gasteiger partial charge in [-0.25, -0.2) is 4.79 Å². The minimum atomic E-state index is -1.08. The predicted octanol–water partition coefficient (Wildman–Crippen LogP) is 3.38. The smallest absolute Gasteiger partial charge is 0.337 e. The third-order valence-corrected chi connectivity index (χ3v) is 4.94. The zero-order chi connectivity index (χ0) is 15.4. The van der Waals surface area contributed by atoms with Crippen molar-refractivity contribution in [2.24, 2.45) is 0 Å². The van der Waals surface area contributed by atoms with E-state index in [1.165, 1.54) is 18.2 Å². The van der Waals surface area contributed by atoms with Crippen LogP contribution in [0.15, 0.2) is 18.2 Å². The molecule has 2 unspecified atom stereocenters. The highest BCUT2D eigenvalue weighted by molar-refractivity contribution is 7.99. The molecule has 6 nitrogen and oxygen atoms in total. The molecule has 0 radical (unpaired) electrons. The first kappa shape index (κ1) is 15.6. The lowest BCUT2D eigenvalue weighted by Crippen LogP contribution is -2.27. The second-order valence-electron chi connectivity index (χ2n) is 4.97. The van der Waals surface area contributed by atoms with Crippen molar-refractivity contribution in [1.82, 2.24) is 0 Å². The van der Waals surface area contributed by atoms with Crippen molar-refractivity contribution < 1.29 is 14.8 Å². The highest BCUT2D eigenvalue weighted by Gasteiger charge is 2.28. The summed E-state index contributed by atoms with van der Waals surface area (Å²) < 4.78 is 0. The van der Waals surface area contributed by atoms with Gasteiger partial charge in [-0.3, -0.25) is 10.1 Å². The molecule has 1 aliphatic carbocycles. The SMILES string of the molecule is CCSC1CCCC1Nc1cc([N+](=O)[O-])ccc1C(=O)O. The number of nitrogens with one attached hydrogen (secondary N) is 1. The van der Waals surface area contributed by atoms with Crippen LogP contribution in [-0.4, -0.2) is 33.0 Å². The van der Waals surface area contributed by atoms with E-state index in [0.29, 0.717) is 10.9 Å². The van der Waals surface area contributed by atoms with Crippen LogP contribution in [-0.2, 0) is 0 Å². The second-order valence-corrected chi connectivity index (χ2v) is 6.48. The van der Waals surface area contributed by atoms with Crippen LogP contribution in [0.25, 0.3) is 0 Å². The van der Waals surface area contributed by atoms with E-state index in [0.717, 1.165) is 25.0 Å². The van der Waals surface area contributed by atoms with Crippen LogP contribution in [0, 0.1) is 10.1 Å². The summed E-state index contributed by atoms with van der Waals surface area (Å²) >= 11 is 1.85. The van der Waals surface area contributed by atoms with E-state index in [-0.39, 0.29) is 17.3 Å². The van der Waals surface area contributed by atoms with Crippen molar-refractivity contribution in [3.8, 4) is 0 Å². The van der Waals surface area contributed by atoms with E-state index >= 15 is 0 Å². The molecule has 1 aliphatic rings. The molecule has 0 bridgehead atoms. The van der Waals surface area contributed by atoms with Gasteiger partial charge in [0.15, 0.2) is 0 Å². The van der Waals surface area contributed by atoms with Crippen molar-refractivity contribution in [2.75, 3.05) is 11.1 Å². The van der Waals surface area contributed by atoms with Crippen LogP contribution in [0.2, 0.25) is 0 Å². The van der Waals surface area contributed by atoms with Gasteiger partial charge in [0.2, 0.25) is 0 Å². The van der Waals surface area contributed by atoms with Crippen LogP contribution < -0.4 is 5.32 Å². The monoisotopic (exact) mass is 310 g/mol. The largest absolute Gasteiger partial charge is 0.478 e. The number of carboxylic acid groups (broad SMARTS) is 1. The summed E-state index contributed by atoms with van der Waals surface area (Å²) in [5.74, 6) is -0.0751. The number of nitro groups is 1. The molecule has 0 aliphatic heterocycles. The van der Waals surface area contributed by atoms with E-state index in [1.54, 1.807) is 0 Å². The fourth-order valence-corrected chi connectivity index (χ4v) is 3.85. The molecular weight excluding hydrogens is 292 g/mol. The first-order chi connectivity index (χ1) is 10.0. The fourth-order valence-electron chi connectivity index (χ4n) is 2.66. The van der Waals surface area contributed by atoms with Crippen molar-refractivity contribution in [3.05, 3.63) is 33.9 Å². The summed E-state index contributed by atoms with van der Waals surface area (Å²) in [5, 5.41) is 23.7. The zero-order valence-electron chi connectivity index (χ0n) is 11.7. The van der Waals surface area contributed by atoms with Gasteiger partial charge >= 0.3 is 5.97 Å². The molecule has 2 rings (SSSR count). The number of nitrogens with zero attached hydrogens (tertiary/aromatic N) is 1. The first-order valence-electron chi connectivity index (χ1n) is 6.92. The fraction of sp³-hybridized carbons (Fsp3) is 0.500. The van der Waals surface area contributed by atoms with Gasteiger partial charge in [-0.05, 0) is 24.7 Å². The number of benzene rings is 1. The molecule has 114 valence electrons. The minimum absolute atomic E-state index is 0.0766. The Morgan fingerprint density at radius 3 is 2.90 bits per heavy atom. The molecule has 0 amide bonds. The maximum Gasteiger partial charge on any atom is 0.337 e. The van der Waals surface area contributed by atoms with Gasteiger partial charge in [0, 0.05) is 23.4 Å². The molecule has 1 aromatic carbocycles. The van der Waals surface area contributed by atoms with Crippen LogP contribution >= 0.6 is 11.8 Å². The molecule has 0 spiro atoms. The molecule has 7 heteroatoms. The first-order valence-corrected chi connectivity index (χ1v) is 7.97. The Balaban J connectivity index is 2.26.